The molecule has 2 heterocycles. The average Bonchev–Trinajstić information content (AvgIpc) is 3.32. The Morgan fingerprint density at radius 3 is 2.81 bits per heavy atom. The molecule has 0 aromatic heterocycles. The molecule has 2 aliphatic heterocycles. The van der Waals surface area contributed by atoms with Crippen LogP contribution in [0.15, 0.2) is 47.5 Å². The normalized spacial score (nSPS) is 20.0. The van der Waals surface area contributed by atoms with Crippen molar-refractivity contribution in [2.45, 2.75) is 44.8 Å². The average molecular weight is 551 g/mol. The summed E-state index contributed by atoms with van der Waals surface area (Å²) in [5, 5.41) is 6.91. The number of aryl methyl sites for hydroxylation is 1. The number of para-hydroxylation sites is 1. The number of nitrogens with one attached hydrogen (secondary N) is 2. The zero-order valence-electron chi connectivity index (χ0n) is 18.9. The summed E-state index contributed by atoms with van der Waals surface area (Å²) in [5.74, 6) is 3.11. The van der Waals surface area contributed by atoms with Gasteiger partial charge in [0.05, 0.1) is 12.7 Å². The van der Waals surface area contributed by atoms with Gasteiger partial charge in [-0.25, -0.2) is 0 Å². The molecule has 2 atom stereocenters. The minimum atomic E-state index is 0. The molecule has 0 amide bonds. The van der Waals surface area contributed by atoms with Gasteiger partial charge in [0.15, 0.2) is 5.96 Å². The maximum atomic E-state index is 6.12. The van der Waals surface area contributed by atoms with Gasteiger partial charge in [0.2, 0.25) is 0 Å². The van der Waals surface area contributed by atoms with Crippen LogP contribution in [-0.4, -0.2) is 45.5 Å². The molecule has 174 valence electrons. The molecule has 0 bridgehead atoms. The number of guanidine groups is 1. The van der Waals surface area contributed by atoms with Gasteiger partial charge in [0.25, 0.3) is 0 Å². The van der Waals surface area contributed by atoms with Crippen molar-refractivity contribution >= 4 is 29.9 Å². The summed E-state index contributed by atoms with van der Waals surface area (Å²) < 4.78 is 17.6. The van der Waals surface area contributed by atoms with Gasteiger partial charge in [-0.3, -0.25) is 4.99 Å². The van der Waals surface area contributed by atoms with Gasteiger partial charge in [-0.2, -0.15) is 0 Å². The molecule has 2 aromatic carbocycles. The van der Waals surface area contributed by atoms with Crippen molar-refractivity contribution in [1.82, 2.24) is 10.6 Å². The lowest BCUT2D eigenvalue weighted by Crippen LogP contribution is -2.39. The number of hydrogen-bond acceptors (Lipinski definition) is 4. The van der Waals surface area contributed by atoms with Gasteiger partial charge in [-0.05, 0) is 49.4 Å². The summed E-state index contributed by atoms with van der Waals surface area (Å²) in [6, 6.07) is 14.6. The molecule has 1 saturated heterocycles. The first-order valence-electron chi connectivity index (χ1n) is 11.2. The van der Waals surface area contributed by atoms with Crippen molar-refractivity contribution in [2.24, 2.45) is 4.99 Å². The van der Waals surface area contributed by atoms with Crippen molar-refractivity contribution in [3.63, 3.8) is 0 Å². The van der Waals surface area contributed by atoms with E-state index in [4.69, 9.17) is 14.2 Å². The molecule has 2 aliphatic rings. The second-order valence-corrected chi connectivity index (χ2v) is 8.24. The lowest BCUT2D eigenvalue weighted by molar-refractivity contribution is 0.0676. The number of rotatable bonds is 7. The number of aliphatic imine (C=N–C) groups is 1. The molecule has 0 aliphatic carbocycles. The van der Waals surface area contributed by atoms with Gasteiger partial charge >= 0.3 is 0 Å². The summed E-state index contributed by atoms with van der Waals surface area (Å²) in [6.07, 6.45) is 3.40. The lowest BCUT2D eigenvalue weighted by atomic mass is 9.93. The summed E-state index contributed by atoms with van der Waals surface area (Å²) in [5.41, 5.74) is 3.56. The Morgan fingerprint density at radius 2 is 2.00 bits per heavy atom. The quantitative estimate of drug-likeness (QED) is 0.304. The van der Waals surface area contributed by atoms with Crippen LogP contribution in [-0.2, 0) is 11.3 Å². The molecule has 2 unspecified atom stereocenters. The van der Waals surface area contributed by atoms with Crippen LogP contribution in [0, 0.1) is 6.92 Å². The van der Waals surface area contributed by atoms with Crippen LogP contribution in [0.25, 0.3) is 0 Å². The maximum Gasteiger partial charge on any atom is 0.191 e. The van der Waals surface area contributed by atoms with Crippen LogP contribution in [0.1, 0.15) is 41.9 Å². The minimum Gasteiger partial charge on any atom is -0.493 e. The zero-order valence-corrected chi connectivity index (χ0v) is 21.3. The predicted octanol–water partition coefficient (Wildman–Crippen LogP) is 4.40. The van der Waals surface area contributed by atoms with E-state index in [9.17, 15) is 0 Å². The molecule has 7 heteroatoms. The van der Waals surface area contributed by atoms with E-state index in [0.717, 1.165) is 62.0 Å². The van der Waals surface area contributed by atoms with Crippen molar-refractivity contribution in [3.8, 4) is 11.5 Å². The Hall–Kier alpha value is -2.00. The Morgan fingerprint density at radius 1 is 1.12 bits per heavy atom. The molecule has 4 rings (SSSR count). The molecule has 2 aromatic rings. The number of hydrogen-bond donors (Lipinski definition) is 2. The zero-order chi connectivity index (χ0) is 21.5. The fourth-order valence-electron chi connectivity index (χ4n) is 4.15. The highest BCUT2D eigenvalue weighted by Gasteiger charge is 2.21. The van der Waals surface area contributed by atoms with Crippen molar-refractivity contribution in [1.29, 1.82) is 0 Å². The van der Waals surface area contributed by atoms with Gasteiger partial charge in [0.1, 0.15) is 18.1 Å². The number of halogens is 1. The highest BCUT2D eigenvalue weighted by molar-refractivity contribution is 14.0. The molecule has 0 saturated carbocycles. The molecule has 2 N–H and O–H groups in total. The molecular weight excluding hydrogens is 517 g/mol. The van der Waals surface area contributed by atoms with Crippen LogP contribution in [0.4, 0.5) is 0 Å². The number of fused-ring (bicyclic) bond motifs is 1. The Bertz CT molecular complexity index is 900. The monoisotopic (exact) mass is 551 g/mol. The van der Waals surface area contributed by atoms with Crippen LogP contribution in [0.2, 0.25) is 0 Å². The largest absolute Gasteiger partial charge is 0.493 e. The molecule has 6 nitrogen and oxygen atoms in total. The summed E-state index contributed by atoms with van der Waals surface area (Å²) >= 11 is 0. The second kappa shape index (κ2) is 12.3. The van der Waals surface area contributed by atoms with Crippen molar-refractivity contribution in [2.75, 3.05) is 33.4 Å². The molecule has 0 spiro atoms. The van der Waals surface area contributed by atoms with E-state index in [1.807, 2.05) is 12.1 Å². The predicted molar refractivity (Wildman–Crippen MR) is 139 cm³/mol. The minimum absolute atomic E-state index is 0. The van der Waals surface area contributed by atoms with Gasteiger partial charge < -0.3 is 24.8 Å². The van der Waals surface area contributed by atoms with Crippen molar-refractivity contribution in [3.05, 3.63) is 59.2 Å². The lowest BCUT2D eigenvalue weighted by Gasteiger charge is -2.26. The number of nitrogens with zero attached hydrogens (tertiary/aromatic N) is 1. The molecule has 0 radical (unpaired) electrons. The first kappa shape index (κ1) is 24.6. The van der Waals surface area contributed by atoms with E-state index in [1.54, 1.807) is 7.05 Å². The first-order valence-corrected chi connectivity index (χ1v) is 11.2. The van der Waals surface area contributed by atoms with E-state index in [1.165, 1.54) is 11.1 Å². The van der Waals surface area contributed by atoms with Crippen LogP contribution in [0.5, 0.6) is 11.5 Å². The fourth-order valence-corrected chi connectivity index (χ4v) is 4.15. The standard InChI is InChI=1S/C25H33N3O3.HI/c1-18-9-10-20(24(14-18)31-17-21-6-5-12-29-21)16-28-25(26-2)27-15-19-11-13-30-23-8-4-3-7-22(19)23;/h3-4,7-10,14,19,21H,5-6,11-13,15-17H2,1-2H3,(H2,26,27,28);1H. The second-order valence-electron chi connectivity index (χ2n) is 8.24. The number of benzene rings is 2. The van der Waals surface area contributed by atoms with Gasteiger partial charge in [-0.1, -0.05) is 30.3 Å². The van der Waals surface area contributed by atoms with E-state index in [-0.39, 0.29) is 30.1 Å². The highest BCUT2D eigenvalue weighted by atomic mass is 127. The summed E-state index contributed by atoms with van der Waals surface area (Å²) in [4.78, 5) is 4.40. The molecule has 32 heavy (non-hydrogen) atoms. The van der Waals surface area contributed by atoms with Crippen molar-refractivity contribution < 1.29 is 14.2 Å². The third-order valence-electron chi connectivity index (χ3n) is 5.94. The first-order chi connectivity index (χ1) is 15.2. The highest BCUT2D eigenvalue weighted by Crippen LogP contribution is 2.32. The van der Waals surface area contributed by atoms with E-state index >= 15 is 0 Å². The molecule has 1 fully saturated rings. The SMILES string of the molecule is CN=C(NCc1ccc(C)cc1OCC1CCCO1)NCC1CCOc2ccccc21.I. The molecular formula is C25H34IN3O3. The van der Waals surface area contributed by atoms with Crippen LogP contribution >= 0.6 is 24.0 Å². The fraction of sp³-hybridized carbons (Fsp3) is 0.480. The van der Waals surface area contributed by atoms with Crippen LogP contribution in [0.3, 0.4) is 0 Å². The summed E-state index contributed by atoms with van der Waals surface area (Å²) in [7, 11) is 1.80. The Kier molecular flexibility index (Phi) is 9.47. The van der Waals surface area contributed by atoms with Gasteiger partial charge in [0, 0.05) is 38.2 Å². The topological polar surface area (TPSA) is 64.1 Å². The van der Waals surface area contributed by atoms with Gasteiger partial charge in [-0.15, -0.1) is 24.0 Å². The van der Waals surface area contributed by atoms with E-state index in [2.05, 4.69) is 52.9 Å². The maximum absolute atomic E-state index is 6.12. The number of ether oxygens (including phenoxy) is 3. The van der Waals surface area contributed by atoms with E-state index in [0.29, 0.717) is 19.1 Å². The smallest absolute Gasteiger partial charge is 0.191 e. The Labute approximate surface area is 208 Å². The Balaban J connectivity index is 0.00000289. The third-order valence-corrected chi connectivity index (χ3v) is 5.94. The van der Waals surface area contributed by atoms with E-state index < -0.39 is 0 Å². The summed E-state index contributed by atoms with van der Waals surface area (Å²) in [6.45, 7) is 5.75. The van der Waals surface area contributed by atoms with Crippen LogP contribution < -0.4 is 20.1 Å². The third kappa shape index (κ3) is 6.51.